The Kier molecular flexibility index (Phi) is 37.0. The lowest BCUT2D eigenvalue weighted by atomic mass is 10.1. The zero-order chi connectivity index (χ0) is 45.6. The standard InChI is InChI=1S/C39H75N6O14PS/c1-31(2)60(52,61)59-21-9-7-6-8-17-40-34(46)11-10-12-36(48)44-33(39(51)43-20-24-58-30-27-55-5)14-16-37(49)45-32(38(50)42-19-23-57-29-26-54-4)13-15-35(47)41-18-22-56-28-25-53-3/h31-33H,6-30H2,1-5H3,(H,40,46)(H,41,47)(H,42,50)(H,43,51)(H,44,48)(H,45,49)(H,52,61). The van der Waals surface area contributed by atoms with Gasteiger partial charge in [-0.25, -0.2) is 0 Å². The minimum Gasteiger partial charge on any atom is -0.382 e. The minimum absolute atomic E-state index is 0.00743. The molecule has 0 radical (unpaired) electrons. The molecule has 0 aromatic heterocycles. The van der Waals surface area contributed by atoms with Gasteiger partial charge in [-0.15, -0.1) is 0 Å². The molecule has 0 saturated carbocycles. The number of hydrogen-bond donors (Lipinski definition) is 7. The van der Waals surface area contributed by atoms with E-state index in [1.807, 2.05) is 13.8 Å². The summed E-state index contributed by atoms with van der Waals surface area (Å²) in [5, 5.41) is 16.3. The molecule has 7 N–H and O–H groups in total. The van der Waals surface area contributed by atoms with Crippen LogP contribution in [0.15, 0.2) is 0 Å². The van der Waals surface area contributed by atoms with E-state index in [4.69, 9.17) is 44.8 Å². The van der Waals surface area contributed by atoms with Crippen molar-refractivity contribution in [1.29, 1.82) is 0 Å². The van der Waals surface area contributed by atoms with Crippen LogP contribution in [0.1, 0.15) is 84.5 Å². The van der Waals surface area contributed by atoms with Crippen molar-refractivity contribution >= 4 is 53.7 Å². The van der Waals surface area contributed by atoms with Crippen LogP contribution in [0.5, 0.6) is 0 Å². The van der Waals surface area contributed by atoms with Crippen LogP contribution in [0, 0.1) is 0 Å². The molecule has 0 aromatic rings. The van der Waals surface area contributed by atoms with Crippen LogP contribution in [0.2, 0.25) is 0 Å². The van der Waals surface area contributed by atoms with E-state index in [9.17, 15) is 33.7 Å². The Balaban J connectivity index is 5.16. The molecule has 0 rings (SSSR count). The summed E-state index contributed by atoms with van der Waals surface area (Å²) in [6, 6.07) is -2.17. The molecule has 0 fully saturated rings. The van der Waals surface area contributed by atoms with E-state index in [2.05, 4.69) is 31.9 Å². The quantitative estimate of drug-likeness (QED) is 0.0324. The van der Waals surface area contributed by atoms with Crippen LogP contribution in [0.25, 0.3) is 0 Å². The first-order valence-electron chi connectivity index (χ1n) is 21.1. The Morgan fingerprint density at radius 1 is 0.492 bits per heavy atom. The van der Waals surface area contributed by atoms with Crippen LogP contribution in [0.4, 0.5) is 0 Å². The van der Waals surface area contributed by atoms with Gasteiger partial charge >= 0.3 is 0 Å². The number of methoxy groups -OCH3 is 3. The van der Waals surface area contributed by atoms with Crippen LogP contribution in [-0.4, -0.2) is 172 Å². The normalized spacial score (nSPS) is 13.2. The molecule has 356 valence electrons. The van der Waals surface area contributed by atoms with Crippen LogP contribution < -0.4 is 31.9 Å². The van der Waals surface area contributed by atoms with Gasteiger partial charge in [-0.05, 0) is 43.9 Å². The van der Waals surface area contributed by atoms with E-state index in [-0.39, 0.29) is 102 Å². The van der Waals surface area contributed by atoms with E-state index in [0.717, 1.165) is 25.7 Å². The molecule has 0 aromatic carbocycles. The highest BCUT2D eigenvalue weighted by atomic mass is 32.5. The number of rotatable bonds is 41. The molecule has 6 amide bonds. The number of nitrogens with one attached hydrogen (secondary N) is 6. The Hall–Kier alpha value is -2.85. The molecule has 0 heterocycles. The second-order valence-electron chi connectivity index (χ2n) is 14.2. The first-order chi connectivity index (χ1) is 29.3. The number of carbonyl (C=O) groups excluding carboxylic acids is 6. The lowest BCUT2D eigenvalue weighted by molar-refractivity contribution is -0.131. The van der Waals surface area contributed by atoms with E-state index in [1.54, 1.807) is 21.3 Å². The van der Waals surface area contributed by atoms with Gasteiger partial charge in [0.1, 0.15) is 12.1 Å². The third-order valence-corrected chi connectivity index (χ3v) is 12.1. The van der Waals surface area contributed by atoms with E-state index < -0.39 is 42.2 Å². The van der Waals surface area contributed by atoms with Crippen molar-refractivity contribution in [2.75, 3.05) is 114 Å². The monoisotopic (exact) mass is 914 g/mol. The summed E-state index contributed by atoms with van der Waals surface area (Å²) in [6.45, 7) is 5.32. The third kappa shape index (κ3) is 34.3. The highest BCUT2D eigenvalue weighted by Gasteiger charge is 2.25. The van der Waals surface area contributed by atoms with Crippen LogP contribution >= 0.6 is 6.49 Å². The van der Waals surface area contributed by atoms with Crippen molar-refractivity contribution < 1.29 is 66.6 Å². The minimum atomic E-state index is -2.74. The molecule has 0 aliphatic heterocycles. The van der Waals surface area contributed by atoms with E-state index >= 15 is 0 Å². The van der Waals surface area contributed by atoms with Gasteiger partial charge in [0.15, 0.2) is 6.49 Å². The molecule has 3 unspecified atom stereocenters. The summed E-state index contributed by atoms with van der Waals surface area (Å²) in [4.78, 5) is 87.4. The van der Waals surface area contributed by atoms with Crippen molar-refractivity contribution in [3.8, 4) is 0 Å². The molecule has 61 heavy (non-hydrogen) atoms. The first kappa shape index (κ1) is 58.1. The molecule has 0 spiro atoms. The smallest absolute Gasteiger partial charge is 0.242 e. The average Bonchev–Trinajstić information content (AvgIpc) is 3.22. The Morgan fingerprint density at radius 3 is 1.39 bits per heavy atom. The molecule has 0 aliphatic carbocycles. The van der Waals surface area contributed by atoms with Crippen LogP contribution in [-0.2, 0) is 73.5 Å². The van der Waals surface area contributed by atoms with Gasteiger partial charge in [-0.2, -0.15) is 0 Å². The van der Waals surface area contributed by atoms with Gasteiger partial charge in [0.25, 0.3) is 0 Å². The number of carbonyl (C=O) groups is 6. The predicted octanol–water partition coefficient (Wildman–Crippen LogP) is 0.428. The lowest BCUT2D eigenvalue weighted by Gasteiger charge is -2.21. The molecule has 0 aliphatic rings. The zero-order valence-corrected chi connectivity index (χ0v) is 38.7. The summed E-state index contributed by atoms with van der Waals surface area (Å²) in [7, 11) is 4.64. The highest BCUT2D eigenvalue weighted by Crippen LogP contribution is 2.47. The largest absolute Gasteiger partial charge is 0.382 e. The Labute approximate surface area is 367 Å². The topological polar surface area (TPSA) is 259 Å². The average molecular weight is 915 g/mol. The maximum Gasteiger partial charge on any atom is 0.242 e. The van der Waals surface area contributed by atoms with Gasteiger partial charge in [-0.1, -0.05) is 26.7 Å². The second kappa shape index (κ2) is 38.8. The fourth-order valence-electron chi connectivity index (χ4n) is 5.10. The molecular weight excluding hydrogens is 839 g/mol. The van der Waals surface area contributed by atoms with E-state index in [1.165, 1.54) is 0 Å². The van der Waals surface area contributed by atoms with Crippen molar-refractivity contribution in [2.24, 2.45) is 0 Å². The summed E-state index contributed by atoms with van der Waals surface area (Å²) in [6.07, 6.45) is 3.18. The summed E-state index contributed by atoms with van der Waals surface area (Å²) < 4.78 is 36.4. The molecule has 0 saturated heterocycles. The number of unbranched alkanes of at least 4 members (excludes halogenated alkanes) is 3. The zero-order valence-electron chi connectivity index (χ0n) is 37.0. The Bertz CT molecular complexity index is 1270. The van der Waals surface area contributed by atoms with Gasteiger partial charge < -0.3 is 69.7 Å². The maximum absolute atomic E-state index is 13.2. The van der Waals surface area contributed by atoms with Crippen molar-refractivity contribution in [3.63, 3.8) is 0 Å². The summed E-state index contributed by atoms with van der Waals surface area (Å²) >= 11 is 5.12. The fraction of sp³-hybridized carbons (Fsp3) is 0.846. The van der Waals surface area contributed by atoms with Crippen molar-refractivity contribution in [1.82, 2.24) is 31.9 Å². The maximum atomic E-state index is 13.2. The van der Waals surface area contributed by atoms with Gasteiger partial charge in [0.05, 0.1) is 66.1 Å². The van der Waals surface area contributed by atoms with Gasteiger partial charge in [0, 0.05) is 78.9 Å². The van der Waals surface area contributed by atoms with Gasteiger partial charge in [-0.3, -0.25) is 28.8 Å². The highest BCUT2D eigenvalue weighted by molar-refractivity contribution is 8.09. The van der Waals surface area contributed by atoms with Crippen molar-refractivity contribution in [3.05, 3.63) is 0 Å². The third-order valence-electron chi connectivity index (χ3n) is 8.71. The SMILES string of the molecule is COCCOCCNC(=O)CCC(NC(=O)CCC(NC(=O)CCCC(=O)NCCCCCCOP(O)(=S)C(C)C)C(=O)NCCOCCOC)C(=O)NCCOCCOC. The van der Waals surface area contributed by atoms with Gasteiger partial charge in [0.2, 0.25) is 35.4 Å². The fourth-order valence-corrected chi connectivity index (χ4v) is 6.01. The number of ether oxygens (including phenoxy) is 6. The molecule has 22 heteroatoms. The van der Waals surface area contributed by atoms with Crippen LogP contribution in [0.3, 0.4) is 0 Å². The number of amides is 6. The van der Waals surface area contributed by atoms with Crippen molar-refractivity contribution in [2.45, 2.75) is 102 Å². The summed E-state index contributed by atoms with van der Waals surface area (Å²) in [5.74, 6) is -2.63. The predicted molar refractivity (Wildman–Crippen MR) is 232 cm³/mol. The first-order valence-corrected chi connectivity index (χ1v) is 23.9. The molecule has 20 nitrogen and oxygen atoms in total. The number of hydrogen-bond acceptors (Lipinski definition) is 14. The molecule has 0 bridgehead atoms. The second-order valence-corrected chi connectivity index (χ2v) is 18.2. The Morgan fingerprint density at radius 2 is 0.902 bits per heavy atom. The summed E-state index contributed by atoms with van der Waals surface area (Å²) in [5.41, 5.74) is -0.0857. The molecule has 3 atom stereocenters. The molecular formula is C39H75N6O14PS. The lowest BCUT2D eigenvalue weighted by Crippen LogP contribution is -2.50. The van der Waals surface area contributed by atoms with E-state index in [0.29, 0.717) is 52.8 Å².